The standard InChI is InChI=1S/C11H13N3O/c1-9-2-3-10(13-6-9)7-12-8-11-4-5-15-14-11/h2-6,12H,7-8H2,1H3. The minimum Gasteiger partial charge on any atom is -0.364 e. The molecule has 2 heterocycles. The van der Waals surface area contributed by atoms with Crippen LogP contribution in [0.4, 0.5) is 0 Å². The quantitative estimate of drug-likeness (QED) is 0.821. The van der Waals surface area contributed by atoms with Crippen molar-refractivity contribution in [1.82, 2.24) is 15.5 Å². The van der Waals surface area contributed by atoms with Gasteiger partial charge in [0.2, 0.25) is 0 Å². The lowest BCUT2D eigenvalue weighted by Crippen LogP contribution is -2.13. The van der Waals surface area contributed by atoms with E-state index in [2.05, 4.69) is 21.5 Å². The summed E-state index contributed by atoms with van der Waals surface area (Å²) in [7, 11) is 0. The maximum atomic E-state index is 4.73. The Morgan fingerprint density at radius 1 is 1.20 bits per heavy atom. The maximum Gasteiger partial charge on any atom is 0.124 e. The van der Waals surface area contributed by atoms with Crippen LogP contribution in [0.2, 0.25) is 0 Å². The van der Waals surface area contributed by atoms with Crippen LogP contribution in [0.15, 0.2) is 35.2 Å². The van der Waals surface area contributed by atoms with E-state index in [1.807, 2.05) is 25.3 Å². The fraction of sp³-hybridized carbons (Fsp3) is 0.273. The lowest BCUT2D eigenvalue weighted by atomic mass is 10.3. The van der Waals surface area contributed by atoms with Gasteiger partial charge in [-0.1, -0.05) is 11.2 Å². The lowest BCUT2D eigenvalue weighted by molar-refractivity contribution is 0.408. The zero-order valence-corrected chi connectivity index (χ0v) is 8.60. The van der Waals surface area contributed by atoms with E-state index in [1.54, 1.807) is 6.26 Å². The molecule has 0 amide bonds. The second-order valence-corrected chi connectivity index (χ2v) is 3.42. The summed E-state index contributed by atoms with van der Waals surface area (Å²) >= 11 is 0. The van der Waals surface area contributed by atoms with E-state index < -0.39 is 0 Å². The van der Waals surface area contributed by atoms with Gasteiger partial charge in [0, 0.05) is 25.4 Å². The molecule has 0 saturated heterocycles. The van der Waals surface area contributed by atoms with Gasteiger partial charge in [-0.15, -0.1) is 0 Å². The molecule has 0 unspecified atom stereocenters. The summed E-state index contributed by atoms with van der Waals surface area (Å²) in [6, 6.07) is 5.92. The molecule has 0 atom stereocenters. The molecule has 0 fully saturated rings. The molecule has 0 aromatic carbocycles. The normalized spacial score (nSPS) is 10.5. The molecule has 0 radical (unpaired) electrons. The molecular formula is C11H13N3O. The summed E-state index contributed by atoms with van der Waals surface area (Å²) in [5, 5.41) is 7.04. The number of nitrogens with one attached hydrogen (secondary N) is 1. The van der Waals surface area contributed by atoms with Crippen LogP contribution in [0.1, 0.15) is 17.0 Å². The van der Waals surface area contributed by atoms with E-state index in [-0.39, 0.29) is 0 Å². The van der Waals surface area contributed by atoms with E-state index >= 15 is 0 Å². The predicted octanol–water partition coefficient (Wildman–Crippen LogP) is 1.67. The predicted molar refractivity (Wildman–Crippen MR) is 56.0 cm³/mol. The SMILES string of the molecule is Cc1ccc(CNCc2ccon2)nc1. The Kier molecular flexibility index (Phi) is 3.09. The first-order valence-electron chi connectivity index (χ1n) is 4.86. The van der Waals surface area contributed by atoms with Crippen molar-refractivity contribution in [3.05, 3.63) is 47.6 Å². The molecular weight excluding hydrogens is 190 g/mol. The van der Waals surface area contributed by atoms with Crippen LogP contribution < -0.4 is 5.32 Å². The second-order valence-electron chi connectivity index (χ2n) is 3.42. The molecule has 0 aliphatic carbocycles. The van der Waals surface area contributed by atoms with Crippen LogP contribution in [0.5, 0.6) is 0 Å². The molecule has 4 nitrogen and oxygen atoms in total. The molecule has 0 bridgehead atoms. The summed E-state index contributed by atoms with van der Waals surface area (Å²) in [6.07, 6.45) is 3.44. The van der Waals surface area contributed by atoms with Crippen molar-refractivity contribution in [1.29, 1.82) is 0 Å². The Balaban J connectivity index is 1.81. The summed E-state index contributed by atoms with van der Waals surface area (Å²) in [6.45, 7) is 3.47. The second kappa shape index (κ2) is 4.70. The fourth-order valence-electron chi connectivity index (χ4n) is 1.25. The summed E-state index contributed by atoms with van der Waals surface area (Å²) in [4.78, 5) is 4.29. The molecule has 0 aliphatic heterocycles. The van der Waals surface area contributed by atoms with Crippen LogP contribution in [-0.4, -0.2) is 10.1 Å². The van der Waals surface area contributed by atoms with Crippen LogP contribution in [0, 0.1) is 6.92 Å². The molecule has 15 heavy (non-hydrogen) atoms. The Morgan fingerprint density at radius 2 is 2.07 bits per heavy atom. The highest BCUT2D eigenvalue weighted by Crippen LogP contribution is 1.99. The van der Waals surface area contributed by atoms with E-state index in [9.17, 15) is 0 Å². The molecule has 2 aromatic heterocycles. The van der Waals surface area contributed by atoms with Gasteiger partial charge >= 0.3 is 0 Å². The number of rotatable bonds is 4. The largest absolute Gasteiger partial charge is 0.364 e. The zero-order valence-electron chi connectivity index (χ0n) is 8.60. The van der Waals surface area contributed by atoms with E-state index in [4.69, 9.17) is 4.52 Å². The van der Waals surface area contributed by atoms with E-state index in [0.29, 0.717) is 6.54 Å². The molecule has 0 saturated carbocycles. The molecule has 78 valence electrons. The number of aromatic nitrogens is 2. The Morgan fingerprint density at radius 3 is 2.73 bits per heavy atom. The minimum atomic E-state index is 0.700. The molecule has 1 N–H and O–H groups in total. The fourth-order valence-corrected chi connectivity index (χ4v) is 1.25. The zero-order chi connectivity index (χ0) is 10.5. The lowest BCUT2D eigenvalue weighted by Gasteiger charge is -2.01. The van der Waals surface area contributed by atoms with Gasteiger partial charge in [-0.05, 0) is 18.6 Å². The summed E-state index contributed by atoms with van der Waals surface area (Å²) in [5.41, 5.74) is 3.11. The van der Waals surface area contributed by atoms with E-state index in [1.165, 1.54) is 5.56 Å². The van der Waals surface area contributed by atoms with Crippen LogP contribution >= 0.6 is 0 Å². The van der Waals surface area contributed by atoms with Gasteiger partial charge in [0.1, 0.15) is 6.26 Å². The number of aryl methyl sites for hydroxylation is 1. The molecule has 2 aromatic rings. The van der Waals surface area contributed by atoms with Gasteiger partial charge in [0.05, 0.1) is 11.4 Å². The highest BCUT2D eigenvalue weighted by atomic mass is 16.5. The van der Waals surface area contributed by atoms with Crippen LogP contribution in [0.25, 0.3) is 0 Å². The number of hydrogen-bond donors (Lipinski definition) is 1. The Labute approximate surface area is 88.3 Å². The van der Waals surface area contributed by atoms with Crippen molar-refractivity contribution in [3.8, 4) is 0 Å². The van der Waals surface area contributed by atoms with Crippen molar-refractivity contribution in [3.63, 3.8) is 0 Å². The molecule has 2 rings (SSSR count). The van der Waals surface area contributed by atoms with Crippen LogP contribution in [-0.2, 0) is 13.1 Å². The summed E-state index contributed by atoms with van der Waals surface area (Å²) < 4.78 is 4.73. The van der Waals surface area contributed by atoms with Crippen molar-refractivity contribution < 1.29 is 4.52 Å². The Hall–Kier alpha value is -1.68. The van der Waals surface area contributed by atoms with Crippen molar-refractivity contribution in [2.24, 2.45) is 0 Å². The average molecular weight is 203 g/mol. The van der Waals surface area contributed by atoms with Gasteiger partial charge in [-0.25, -0.2) is 0 Å². The van der Waals surface area contributed by atoms with Gasteiger partial charge in [0.25, 0.3) is 0 Å². The first-order valence-corrected chi connectivity index (χ1v) is 4.86. The monoisotopic (exact) mass is 203 g/mol. The van der Waals surface area contributed by atoms with Gasteiger partial charge in [-0.2, -0.15) is 0 Å². The Bertz CT molecular complexity index is 394. The number of pyridine rings is 1. The third kappa shape index (κ3) is 2.89. The topological polar surface area (TPSA) is 51.0 Å². The number of hydrogen-bond acceptors (Lipinski definition) is 4. The first kappa shape index (κ1) is 9.86. The highest BCUT2D eigenvalue weighted by molar-refractivity contribution is 5.12. The third-order valence-electron chi connectivity index (χ3n) is 2.08. The molecule has 0 aliphatic rings. The smallest absolute Gasteiger partial charge is 0.124 e. The highest BCUT2D eigenvalue weighted by Gasteiger charge is 1.97. The van der Waals surface area contributed by atoms with Crippen molar-refractivity contribution in [2.75, 3.05) is 0 Å². The van der Waals surface area contributed by atoms with E-state index in [0.717, 1.165) is 17.9 Å². The van der Waals surface area contributed by atoms with Crippen LogP contribution in [0.3, 0.4) is 0 Å². The minimum absolute atomic E-state index is 0.700. The average Bonchev–Trinajstić information content (AvgIpc) is 2.74. The van der Waals surface area contributed by atoms with Gasteiger partial charge in [0.15, 0.2) is 0 Å². The van der Waals surface area contributed by atoms with Gasteiger partial charge in [-0.3, -0.25) is 4.98 Å². The van der Waals surface area contributed by atoms with Crippen molar-refractivity contribution >= 4 is 0 Å². The first-order chi connectivity index (χ1) is 7.34. The van der Waals surface area contributed by atoms with Crippen molar-refractivity contribution in [2.45, 2.75) is 20.0 Å². The molecule has 0 spiro atoms. The molecule has 4 heteroatoms. The third-order valence-corrected chi connectivity index (χ3v) is 2.08. The maximum absolute atomic E-state index is 4.73. The number of nitrogens with zero attached hydrogens (tertiary/aromatic N) is 2. The summed E-state index contributed by atoms with van der Waals surface area (Å²) in [5.74, 6) is 0. The van der Waals surface area contributed by atoms with Gasteiger partial charge < -0.3 is 9.84 Å².